The van der Waals surface area contributed by atoms with Crippen molar-refractivity contribution < 1.29 is 4.74 Å². The second-order valence-corrected chi connectivity index (χ2v) is 5.59. The molecule has 1 fully saturated rings. The molecule has 1 rings (SSSR count). The molecule has 0 spiro atoms. The first-order valence-corrected chi connectivity index (χ1v) is 5.76. The Bertz CT molecular complexity index is 168. The standard InChI is InChI=1S/C12H25NO/c1-11(2,3)14-9-8-12(10-13-4)6-5-7-12/h13H,5-10H2,1-4H3. The van der Waals surface area contributed by atoms with Gasteiger partial charge in [-0.25, -0.2) is 0 Å². The average Bonchev–Trinajstić information content (AvgIpc) is 1.97. The van der Waals surface area contributed by atoms with Crippen LogP contribution in [0.25, 0.3) is 0 Å². The molecule has 14 heavy (non-hydrogen) atoms. The lowest BCUT2D eigenvalue weighted by molar-refractivity contribution is -0.0307. The lowest BCUT2D eigenvalue weighted by Gasteiger charge is -2.42. The molecule has 2 nitrogen and oxygen atoms in total. The van der Waals surface area contributed by atoms with E-state index in [1.165, 1.54) is 25.7 Å². The largest absolute Gasteiger partial charge is 0.376 e. The molecule has 0 bridgehead atoms. The Labute approximate surface area is 88.4 Å². The summed E-state index contributed by atoms with van der Waals surface area (Å²) in [5.41, 5.74) is 0.574. The van der Waals surface area contributed by atoms with Crippen LogP contribution in [0.15, 0.2) is 0 Å². The van der Waals surface area contributed by atoms with Gasteiger partial charge in [-0.15, -0.1) is 0 Å². The number of nitrogens with one attached hydrogen (secondary N) is 1. The number of rotatable bonds is 5. The summed E-state index contributed by atoms with van der Waals surface area (Å²) in [7, 11) is 2.05. The smallest absolute Gasteiger partial charge is 0.0598 e. The predicted octanol–water partition coefficient (Wildman–Crippen LogP) is 2.58. The molecule has 1 N–H and O–H groups in total. The molecule has 0 radical (unpaired) electrons. The molecule has 0 heterocycles. The van der Waals surface area contributed by atoms with Gasteiger partial charge < -0.3 is 10.1 Å². The van der Waals surface area contributed by atoms with Gasteiger partial charge in [-0.05, 0) is 52.5 Å². The van der Waals surface area contributed by atoms with E-state index in [1.54, 1.807) is 0 Å². The summed E-state index contributed by atoms with van der Waals surface area (Å²) in [6, 6.07) is 0. The Hall–Kier alpha value is -0.0800. The molecule has 1 aliphatic carbocycles. The Balaban J connectivity index is 2.21. The number of ether oxygens (including phenoxy) is 1. The van der Waals surface area contributed by atoms with Gasteiger partial charge in [0.25, 0.3) is 0 Å². The summed E-state index contributed by atoms with van der Waals surface area (Å²) in [5, 5.41) is 3.30. The number of hydrogen-bond donors (Lipinski definition) is 1. The van der Waals surface area contributed by atoms with Gasteiger partial charge in [0.05, 0.1) is 5.60 Å². The highest BCUT2D eigenvalue weighted by atomic mass is 16.5. The van der Waals surface area contributed by atoms with Crippen molar-refractivity contribution >= 4 is 0 Å². The zero-order valence-electron chi connectivity index (χ0n) is 10.2. The zero-order valence-corrected chi connectivity index (χ0v) is 10.2. The normalized spacial score (nSPS) is 20.6. The minimum atomic E-state index is 0.0184. The molecule has 0 aromatic heterocycles. The Morgan fingerprint density at radius 3 is 2.29 bits per heavy atom. The van der Waals surface area contributed by atoms with Crippen LogP contribution in [0.2, 0.25) is 0 Å². The SMILES string of the molecule is CNCC1(CCOC(C)(C)C)CCC1. The fraction of sp³-hybridized carbons (Fsp3) is 1.00. The van der Waals surface area contributed by atoms with Crippen molar-refractivity contribution in [3.63, 3.8) is 0 Å². The van der Waals surface area contributed by atoms with E-state index >= 15 is 0 Å². The summed E-state index contributed by atoms with van der Waals surface area (Å²) in [6.45, 7) is 8.43. The molecule has 0 unspecified atom stereocenters. The predicted molar refractivity (Wildman–Crippen MR) is 60.5 cm³/mol. The molecule has 0 aromatic carbocycles. The van der Waals surface area contributed by atoms with Crippen molar-refractivity contribution in [1.82, 2.24) is 5.32 Å². The maximum Gasteiger partial charge on any atom is 0.0598 e. The van der Waals surface area contributed by atoms with Crippen molar-refractivity contribution in [2.45, 2.75) is 52.1 Å². The summed E-state index contributed by atoms with van der Waals surface area (Å²) in [4.78, 5) is 0. The van der Waals surface area contributed by atoms with E-state index in [9.17, 15) is 0 Å². The van der Waals surface area contributed by atoms with Crippen molar-refractivity contribution in [2.24, 2.45) is 5.41 Å². The first-order chi connectivity index (χ1) is 6.47. The van der Waals surface area contributed by atoms with Crippen LogP contribution in [0.5, 0.6) is 0 Å². The van der Waals surface area contributed by atoms with Crippen LogP contribution in [0.1, 0.15) is 46.5 Å². The lowest BCUT2D eigenvalue weighted by atomic mass is 9.67. The number of hydrogen-bond acceptors (Lipinski definition) is 2. The van der Waals surface area contributed by atoms with Crippen LogP contribution >= 0.6 is 0 Å². The molecule has 1 saturated carbocycles. The van der Waals surface area contributed by atoms with Crippen LogP contribution in [-0.4, -0.2) is 25.8 Å². The second kappa shape index (κ2) is 4.63. The Morgan fingerprint density at radius 1 is 1.29 bits per heavy atom. The zero-order chi connectivity index (χ0) is 10.7. The molecule has 0 amide bonds. The molecule has 0 aliphatic heterocycles. The highest BCUT2D eigenvalue weighted by Crippen LogP contribution is 2.43. The van der Waals surface area contributed by atoms with Gasteiger partial charge in [0, 0.05) is 13.2 Å². The van der Waals surface area contributed by atoms with Crippen LogP contribution in [0.3, 0.4) is 0 Å². The molecule has 84 valence electrons. The molecular formula is C12H25NO. The Kier molecular flexibility index (Phi) is 3.96. The van der Waals surface area contributed by atoms with E-state index in [-0.39, 0.29) is 5.60 Å². The van der Waals surface area contributed by atoms with Gasteiger partial charge in [-0.2, -0.15) is 0 Å². The molecule has 0 saturated heterocycles. The third kappa shape index (κ3) is 3.58. The van der Waals surface area contributed by atoms with E-state index in [2.05, 4.69) is 26.1 Å². The average molecular weight is 199 g/mol. The van der Waals surface area contributed by atoms with Gasteiger partial charge in [0.15, 0.2) is 0 Å². The van der Waals surface area contributed by atoms with Crippen LogP contribution in [-0.2, 0) is 4.74 Å². The molecule has 0 atom stereocenters. The van der Waals surface area contributed by atoms with Crippen LogP contribution < -0.4 is 5.32 Å². The fourth-order valence-corrected chi connectivity index (χ4v) is 2.14. The van der Waals surface area contributed by atoms with E-state index in [1.807, 2.05) is 7.05 Å². The first kappa shape index (κ1) is 12.0. The third-order valence-corrected chi connectivity index (χ3v) is 3.13. The van der Waals surface area contributed by atoms with Crippen LogP contribution in [0, 0.1) is 5.41 Å². The van der Waals surface area contributed by atoms with Gasteiger partial charge in [-0.3, -0.25) is 0 Å². The monoisotopic (exact) mass is 199 g/mol. The lowest BCUT2D eigenvalue weighted by Crippen LogP contribution is -2.40. The highest BCUT2D eigenvalue weighted by molar-refractivity contribution is 4.89. The quantitative estimate of drug-likeness (QED) is 0.735. The van der Waals surface area contributed by atoms with Gasteiger partial charge in [-0.1, -0.05) is 6.42 Å². The first-order valence-electron chi connectivity index (χ1n) is 5.76. The second-order valence-electron chi connectivity index (χ2n) is 5.59. The maximum atomic E-state index is 5.78. The minimum Gasteiger partial charge on any atom is -0.376 e. The third-order valence-electron chi connectivity index (χ3n) is 3.13. The van der Waals surface area contributed by atoms with Crippen molar-refractivity contribution in [3.05, 3.63) is 0 Å². The van der Waals surface area contributed by atoms with E-state index in [0.29, 0.717) is 5.41 Å². The highest BCUT2D eigenvalue weighted by Gasteiger charge is 2.35. The van der Waals surface area contributed by atoms with Gasteiger partial charge in [0.2, 0.25) is 0 Å². The summed E-state index contributed by atoms with van der Waals surface area (Å²) in [6.07, 6.45) is 5.37. The molecule has 0 aromatic rings. The minimum absolute atomic E-state index is 0.0184. The summed E-state index contributed by atoms with van der Waals surface area (Å²) >= 11 is 0. The topological polar surface area (TPSA) is 21.3 Å². The van der Waals surface area contributed by atoms with Crippen molar-refractivity contribution in [3.8, 4) is 0 Å². The molecule has 1 aliphatic rings. The van der Waals surface area contributed by atoms with Gasteiger partial charge >= 0.3 is 0 Å². The maximum absolute atomic E-state index is 5.78. The van der Waals surface area contributed by atoms with Crippen molar-refractivity contribution in [2.75, 3.05) is 20.2 Å². The summed E-state index contributed by atoms with van der Waals surface area (Å²) < 4.78 is 5.78. The summed E-state index contributed by atoms with van der Waals surface area (Å²) in [5.74, 6) is 0. The van der Waals surface area contributed by atoms with Crippen molar-refractivity contribution in [1.29, 1.82) is 0 Å². The van der Waals surface area contributed by atoms with Gasteiger partial charge in [0.1, 0.15) is 0 Å². The molecular weight excluding hydrogens is 174 g/mol. The Morgan fingerprint density at radius 2 is 1.93 bits per heavy atom. The van der Waals surface area contributed by atoms with E-state index in [4.69, 9.17) is 4.74 Å². The van der Waals surface area contributed by atoms with E-state index < -0.39 is 0 Å². The van der Waals surface area contributed by atoms with E-state index in [0.717, 1.165) is 13.2 Å². The molecule has 2 heteroatoms. The fourth-order valence-electron chi connectivity index (χ4n) is 2.14. The van der Waals surface area contributed by atoms with Crippen LogP contribution in [0.4, 0.5) is 0 Å².